The lowest BCUT2D eigenvalue weighted by Gasteiger charge is -2.16. The van der Waals surface area contributed by atoms with Crippen molar-refractivity contribution in [3.63, 3.8) is 0 Å². The van der Waals surface area contributed by atoms with Crippen LogP contribution in [0.25, 0.3) is 0 Å². The molecule has 2 rings (SSSR count). The van der Waals surface area contributed by atoms with E-state index in [9.17, 15) is 9.59 Å². The maximum absolute atomic E-state index is 12.2. The second-order valence-corrected chi connectivity index (χ2v) is 6.25. The summed E-state index contributed by atoms with van der Waals surface area (Å²) in [5.74, 6) is -0.213. The van der Waals surface area contributed by atoms with Gasteiger partial charge in [0.25, 0.3) is 0 Å². The molecule has 2 amide bonds. The first kappa shape index (κ1) is 16.3. The lowest BCUT2D eigenvalue weighted by molar-refractivity contribution is -0.122. The van der Waals surface area contributed by atoms with Crippen LogP contribution in [0.2, 0.25) is 0 Å². The van der Waals surface area contributed by atoms with Crippen LogP contribution in [-0.4, -0.2) is 16.4 Å². The van der Waals surface area contributed by atoms with Crippen molar-refractivity contribution in [1.29, 1.82) is 0 Å². The van der Waals surface area contributed by atoms with E-state index in [4.69, 9.17) is 0 Å². The molecule has 5 nitrogen and oxygen atoms in total. The van der Waals surface area contributed by atoms with Crippen molar-refractivity contribution >= 4 is 23.2 Å². The molecule has 0 aliphatic heterocycles. The number of rotatable bonds is 6. The van der Waals surface area contributed by atoms with Gasteiger partial charge in [-0.1, -0.05) is 6.07 Å². The number of carbonyl (C=O) groups excluding carboxylic acids is 2. The van der Waals surface area contributed by atoms with Gasteiger partial charge in [-0.2, -0.15) is 0 Å². The highest BCUT2D eigenvalue weighted by Gasteiger charge is 2.18. The monoisotopic (exact) mass is 319 g/mol. The zero-order valence-corrected chi connectivity index (χ0v) is 13.9. The van der Waals surface area contributed by atoms with E-state index in [-0.39, 0.29) is 24.3 Å². The molecular weight excluding hydrogens is 298 g/mol. The number of nitrogens with one attached hydrogen (secondary N) is 2. The molecule has 0 bridgehead atoms. The van der Waals surface area contributed by atoms with E-state index in [2.05, 4.69) is 10.6 Å². The summed E-state index contributed by atoms with van der Waals surface area (Å²) in [7, 11) is 1.97. The van der Waals surface area contributed by atoms with Gasteiger partial charge < -0.3 is 15.2 Å². The number of aromatic nitrogens is 1. The Morgan fingerprint density at radius 2 is 2.09 bits per heavy atom. The van der Waals surface area contributed by atoms with Crippen LogP contribution in [0.3, 0.4) is 0 Å². The van der Waals surface area contributed by atoms with Gasteiger partial charge in [-0.15, -0.1) is 11.3 Å². The molecule has 0 aliphatic rings. The SMILES string of the molecule is CC(=O)N[C@H](CC(=O)NCc1ccc(C)n1C)c1cccs1. The van der Waals surface area contributed by atoms with E-state index < -0.39 is 0 Å². The topological polar surface area (TPSA) is 63.1 Å². The summed E-state index contributed by atoms with van der Waals surface area (Å²) in [6.45, 7) is 3.97. The highest BCUT2D eigenvalue weighted by Crippen LogP contribution is 2.22. The zero-order chi connectivity index (χ0) is 16.1. The van der Waals surface area contributed by atoms with Crippen LogP contribution in [0, 0.1) is 6.92 Å². The van der Waals surface area contributed by atoms with Crippen LogP contribution in [0.5, 0.6) is 0 Å². The van der Waals surface area contributed by atoms with Gasteiger partial charge in [-0.3, -0.25) is 9.59 Å². The lowest BCUT2D eigenvalue weighted by Crippen LogP contribution is -2.32. The average Bonchev–Trinajstić information content (AvgIpc) is 3.08. The minimum Gasteiger partial charge on any atom is -0.350 e. The molecule has 0 fully saturated rings. The fraction of sp³-hybridized carbons (Fsp3) is 0.375. The van der Waals surface area contributed by atoms with E-state index in [1.807, 2.05) is 48.2 Å². The van der Waals surface area contributed by atoms with Crippen molar-refractivity contribution in [1.82, 2.24) is 15.2 Å². The summed E-state index contributed by atoms with van der Waals surface area (Å²) in [5, 5.41) is 7.68. The van der Waals surface area contributed by atoms with Crippen molar-refractivity contribution in [2.24, 2.45) is 7.05 Å². The van der Waals surface area contributed by atoms with E-state index in [0.29, 0.717) is 6.54 Å². The smallest absolute Gasteiger partial charge is 0.222 e. The van der Waals surface area contributed by atoms with Crippen LogP contribution in [0.1, 0.15) is 35.7 Å². The van der Waals surface area contributed by atoms with E-state index in [1.165, 1.54) is 18.3 Å². The molecule has 0 aromatic carbocycles. The standard InChI is InChI=1S/C16H21N3O2S/c1-11-6-7-13(19(11)3)10-17-16(21)9-14(18-12(2)20)15-5-4-8-22-15/h4-8,14H,9-10H2,1-3H3,(H,17,21)(H,18,20)/t14-/m1/s1. The fourth-order valence-electron chi connectivity index (χ4n) is 2.25. The fourth-order valence-corrected chi connectivity index (χ4v) is 3.03. The van der Waals surface area contributed by atoms with Crippen molar-refractivity contribution in [2.45, 2.75) is 32.9 Å². The molecule has 6 heteroatoms. The van der Waals surface area contributed by atoms with Crippen LogP contribution >= 0.6 is 11.3 Å². The molecule has 2 N–H and O–H groups in total. The lowest BCUT2D eigenvalue weighted by atomic mass is 10.1. The van der Waals surface area contributed by atoms with E-state index >= 15 is 0 Å². The third-order valence-corrected chi connectivity index (χ3v) is 4.58. The number of hydrogen-bond acceptors (Lipinski definition) is 3. The second kappa shape index (κ2) is 7.26. The molecule has 1 atom stereocenters. The maximum atomic E-state index is 12.2. The summed E-state index contributed by atoms with van der Waals surface area (Å²) >= 11 is 1.54. The minimum absolute atomic E-state index is 0.0778. The first-order valence-corrected chi connectivity index (χ1v) is 8.03. The Balaban J connectivity index is 1.93. The van der Waals surface area contributed by atoms with Gasteiger partial charge in [0.15, 0.2) is 0 Å². The maximum Gasteiger partial charge on any atom is 0.222 e. The summed E-state index contributed by atoms with van der Waals surface area (Å²) in [4.78, 5) is 24.5. The normalized spacial score (nSPS) is 12.0. The van der Waals surface area contributed by atoms with Gasteiger partial charge in [0.2, 0.25) is 11.8 Å². The highest BCUT2D eigenvalue weighted by atomic mass is 32.1. The van der Waals surface area contributed by atoms with Crippen LogP contribution in [0.4, 0.5) is 0 Å². The minimum atomic E-state index is -0.271. The Labute approximate surface area is 134 Å². The third-order valence-electron chi connectivity index (χ3n) is 3.60. The van der Waals surface area contributed by atoms with Crippen LogP contribution < -0.4 is 10.6 Å². The zero-order valence-electron chi connectivity index (χ0n) is 13.1. The Kier molecular flexibility index (Phi) is 5.38. The largest absolute Gasteiger partial charge is 0.350 e. The number of thiophene rings is 1. The van der Waals surface area contributed by atoms with E-state index in [0.717, 1.165) is 16.3 Å². The Morgan fingerprint density at radius 3 is 2.64 bits per heavy atom. The molecule has 0 saturated carbocycles. The van der Waals surface area contributed by atoms with Crippen molar-refractivity contribution in [2.75, 3.05) is 0 Å². The molecule has 2 heterocycles. The van der Waals surface area contributed by atoms with Crippen LogP contribution in [-0.2, 0) is 23.2 Å². The predicted octanol–water partition coefficient (Wildman–Crippen LogP) is 2.28. The molecule has 22 heavy (non-hydrogen) atoms. The van der Waals surface area contributed by atoms with Crippen molar-refractivity contribution < 1.29 is 9.59 Å². The summed E-state index contributed by atoms with van der Waals surface area (Å²) in [6, 6.07) is 7.60. The molecule has 2 aromatic rings. The molecular formula is C16H21N3O2S. The first-order chi connectivity index (χ1) is 10.5. The van der Waals surface area contributed by atoms with Crippen molar-refractivity contribution in [3.8, 4) is 0 Å². The van der Waals surface area contributed by atoms with Gasteiger partial charge in [0.05, 0.1) is 19.0 Å². The number of carbonyl (C=O) groups is 2. The average molecular weight is 319 g/mol. The molecule has 0 saturated heterocycles. The Morgan fingerprint density at radius 1 is 1.32 bits per heavy atom. The highest BCUT2D eigenvalue weighted by molar-refractivity contribution is 7.10. The van der Waals surface area contributed by atoms with Gasteiger partial charge in [-0.05, 0) is 30.5 Å². The van der Waals surface area contributed by atoms with Gasteiger partial charge in [0.1, 0.15) is 0 Å². The van der Waals surface area contributed by atoms with Crippen LogP contribution in [0.15, 0.2) is 29.6 Å². The van der Waals surface area contributed by atoms with Gasteiger partial charge in [-0.25, -0.2) is 0 Å². The third kappa shape index (κ3) is 4.21. The first-order valence-electron chi connectivity index (χ1n) is 7.15. The number of amides is 2. The summed E-state index contributed by atoms with van der Waals surface area (Å²) in [5.41, 5.74) is 2.21. The van der Waals surface area contributed by atoms with Gasteiger partial charge in [0, 0.05) is 30.2 Å². The molecule has 0 aliphatic carbocycles. The molecule has 0 unspecified atom stereocenters. The summed E-state index contributed by atoms with van der Waals surface area (Å²) in [6.07, 6.45) is 0.240. The number of hydrogen-bond donors (Lipinski definition) is 2. The quantitative estimate of drug-likeness (QED) is 0.858. The Hall–Kier alpha value is -2.08. The van der Waals surface area contributed by atoms with E-state index in [1.54, 1.807) is 0 Å². The number of aryl methyl sites for hydroxylation is 1. The van der Waals surface area contributed by atoms with Gasteiger partial charge >= 0.3 is 0 Å². The molecule has 118 valence electrons. The number of nitrogens with zero attached hydrogens (tertiary/aromatic N) is 1. The molecule has 2 aromatic heterocycles. The summed E-state index contributed by atoms with van der Waals surface area (Å²) < 4.78 is 2.05. The predicted molar refractivity (Wildman–Crippen MR) is 87.5 cm³/mol. The second-order valence-electron chi connectivity index (χ2n) is 5.27. The molecule has 0 radical (unpaired) electrons. The molecule has 0 spiro atoms. The Bertz CT molecular complexity index is 646. The van der Waals surface area contributed by atoms with Crippen molar-refractivity contribution in [3.05, 3.63) is 45.9 Å².